The molecule has 2 aromatic rings. The molecule has 0 bridgehead atoms. The summed E-state index contributed by atoms with van der Waals surface area (Å²) in [6.45, 7) is 4.32. The van der Waals surface area contributed by atoms with E-state index in [1.807, 2.05) is 16.8 Å². The van der Waals surface area contributed by atoms with E-state index in [0.29, 0.717) is 5.92 Å². The van der Waals surface area contributed by atoms with Crippen molar-refractivity contribution in [3.63, 3.8) is 0 Å². The van der Waals surface area contributed by atoms with E-state index >= 15 is 0 Å². The summed E-state index contributed by atoms with van der Waals surface area (Å²) < 4.78 is 0. The van der Waals surface area contributed by atoms with Gasteiger partial charge in [0.2, 0.25) is 0 Å². The van der Waals surface area contributed by atoms with Gasteiger partial charge in [-0.1, -0.05) is 19.9 Å². The van der Waals surface area contributed by atoms with Crippen molar-refractivity contribution in [1.82, 2.24) is 9.97 Å². The fourth-order valence-corrected chi connectivity index (χ4v) is 2.95. The monoisotopic (exact) mass is 266 g/mol. The summed E-state index contributed by atoms with van der Waals surface area (Å²) in [5, 5.41) is 14.8. The molecule has 0 amide bonds. The van der Waals surface area contributed by atoms with Gasteiger partial charge < -0.3 is 5.11 Å². The molecule has 0 atom stereocenters. The van der Waals surface area contributed by atoms with Gasteiger partial charge in [0.25, 0.3) is 0 Å². The fraction of sp³-hybridized carbons (Fsp3) is 0.333. The van der Waals surface area contributed by atoms with E-state index < -0.39 is 0 Å². The molecule has 1 N–H and O–H groups in total. The first kappa shape index (κ1) is 12.4. The zero-order valence-electron chi connectivity index (χ0n) is 9.75. The molecule has 0 saturated heterocycles. The van der Waals surface area contributed by atoms with Crippen molar-refractivity contribution in [2.75, 3.05) is 6.61 Å². The van der Waals surface area contributed by atoms with E-state index in [4.69, 9.17) is 5.11 Å². The van der Waals surface area contributed by atoms with Gasteiger partial charge in [-0.25, -0.2) is 9.97 Å². The number of thiazole rings is 2. The fourth-order valence-electron chi connectivity index (χ4n) is 1.30. The lowest BCUT2D eigenvalue weighted by Crippen LogP contribution is -1.85. The zero-order chi connectivity index (χ0) is 12.3. The maximum absolute atomic E-state index is 8.69. The van der Waals surface area contributed by atoms with Crippen molar-refractivity contribution in [1.29, 1.82) is 0 Å². The number of hydrogen-bond donors (Lipinski definition) is 1. The van der Waals surface area contributed by atoms with Crippen LogP contribution in [-0.4, -0.2) is 21.7 Å². The average molecular weight is 266 g/mol. The maximum atomic E-state index is 8.69. The number of aliphatic hydroxyl groups excluding tert-OH is 1. The first-order valence-corrected chi connectivity index (χ1v) is 7.15. The summed E-state index contributed by atoms with van der Waals surface area (Å²) in [6, 6.07) is 0. The Kier molecular flexibility index (Phi) is 4.04. The molecule has 0 saturated carbocycles. The quantitative estimate of drug-likeness (QED) is 0.922. The third-order valence-corrected chi connectivity index (χ3v) is 4.18. The molecule has 17 heavy (non-hydrogen) atoms. The minimum atomic E-state index is 0.0427. The van der Waals surface area contributed by atoms with Crippen LogP contribution in [0.1, 0.15) is 30.5 Å². The Morgan fingerprint density at radius 1 is 1.29 bits per heavy atom. The van der Waals surface area contributed by atoms with E-state index in [2.05, 4.69) is 23.8 Å². The maximum Gasteiger partial charge on any atom is 0.143 e. The van der Waals surface area contributed by atoms with Gasteiger partial charge in [-0.3, -0.25) is 0 Å². The number of hydrogen-bond acceptors (Lipinski definition) is 5. The first-order valence-electron chi connectivity index (χ1n) is 5.39. The molecule has 90 valence electrons. The standard InChI is InChI=1S/C12H14N2OS2/c1-8(2)11-14-10(7-17-11)12-13-9(6-16-12)4-3-5-15/h3-4,6-8,15H,5H2,1-2H3/b4-3+. The van der Waals surface area contributed by atoms with E-state index in [1.165, 1.54) is 0 Å². The van der Waals surface area contributed by atoms with Crippen LogP contribution in [-0.2, 0) is 0 Å². The van der Waals surface area contributed by atoms with Crippen LogP contribution < -0.4 is 0 Å². The third kappa shape index (κ3) is 3.00. The van der Waals surface area contributed by atoms with Crippen LogP contribution in [0, 0.1) is 0 Å². The number of aliphatic hydroxyl groups is 1. The molecule has 2 aromatic heterocycles. The van der Waals surface area contributed by atoms with Gasteiger partial charge in [0.15, 0.2) is 0 Å². The molecular formula is C12H14N2OS2. The summed E-state index contributed by atoms with van der Waals surface area (Å²) in [4.78, 5) is 9.02. The molecule has 0 spiro atoms. The van der Waals surface area contributed by atoms with Crippen LogP contribution in [0.25, 0.3) is 16.8 Å². The molecular weight excluding hydrogens is 252 g/mol. The van der Waals surface area contributed by atoms with Crippen molar-refractivity contribution >= 4 is 28.7 Å². The van der Waals surface area contributed by atoms with E-state index in [0.717, 1.165) is 21.4 Å². The SMILES string of the molecule is CC(C)c1nc(-c2nc(/C=C/CO)cs2)cs1. The Labute approximate surface area is 109 Å². The molecule has 5 heteroatoms. The second-order valence-corrected chi connectivity index (χ2v) is 5.64. The Balaban J connectivity index is 2.21. The summed E-state index contributed by atoms with van der Waals surface area (Å²) in [5.74, 6) is 0.461. The summed E-state index contributed by atoms with van der Waals surface area (Å²) in [6.07, 6.45) is 3.50. The Morgan fingerprint density at radius 2 is 2.12 bits per heavy atom. The molecule has 0 unspecified atom stereocenters. The lowest BCUT2D eigenvalue weighted by atomic mass is 10.2. The highest BCUT2D eigenvalue weighted by molar-refractivity contribution is 7.14. The van der Waals surface area contributed by atoms with Crippen LogP contribution in [0.5, 0.6) is 0 Å². The van der Waals surface area contributed by atoms with Gasteiger partial charge in [0.05, 0.1) is 17.3 Å². The minimum Gasteiger partial charge on any atom is -0.392 e. The molecule has 0 aromatic carbocycles. The lowest BCUT2D eigenvalue weighted by molar-refractivity contribution is 0.343. The highest BCUT2D eigenvalue weighted by Gasteiger charge is 2.10. The van der Waals surface area contributed by atoms with E-state index in [9.17, 15) is 0 Å². The predicted molar refractivity (Wildman–Crippen MR) is 73.4 cm³/mol. The van der Waals surface area contributed by atoms with Gasteiger partial charge >= 0.3 is 0 Å². The average Bonchev–Trinajstić information content (AvgIpc) is 2.94. The first-order chi connectivity index (χ1) is 8.20. The molecule has 0 aliphatic heterocycles. The smallest absolute Gasteiger partial charge is 0.143 e. The second-order valence-electron chi connectivity index (χ2n) is 3.89. The normalized spacial score (nSPS) is 11.8. The lowest BCUT2D eigenvalue weighted by Gasteiger charge is -1.95. The predicted octanol–water partition coefficient (Wildman–Crippen LogP) is 3.40. The van der Waals surface area contributed by atoms with Crippen molar-refractivity contribution in [2.24, 2.45) is 0 Å². The Morgan fingerprint density at radius 3 is 2.76 bits per heavy atom. The number of nitrogens with zero attached hydrogens (tertiary/aromatic N) is 2. The van der Waals surface area contributed by atoms with Gasteiger partial charge in [-0.05, 0) is 6.08 Å². The highest BCUT2D eigenvalue weighted by atomic mass is 32.1. The molecule has 3 nitrogen and oxygen atoms in total. The van der Waals surface area contributed by atoms with Crippen LogP contribution in [0.15, 0.2) is 16.8 Å². The van der Waals surface area contributed by atoms with Crippen molar-refractivity contribution in [2.45, 2.75) is 19.8 Å². The van der Waals surface area contributed by atoms with Crippen LogP contribution in [0.2, 0.25) is 0 Å². The van der Waals surface area contributed by atoms with Crippen molar-refractivity contribution < 1.29 is 5.11 Å². The summed E-state index contributed by atoms with van der Waals surface area (Å²) >= 11 is 3.26. The van der Waals surface area contributed by atoms with Crippen LogP contribution in [0.3, 0.4) is 0 Å². The van der Waals surface area contributed by atoms with E-state index in [1.54, 1.807) is 28.7 Å². The summed E-state index contributed by atoms with van der Waals surface area (Å²) in [7, 11) is 0. The largest absolute Gasteiger partial charge is 0.392 e. The molecule has 0 aliphatic rings. The molecule has 2 rings (SSSR count). The highest BCUT2D eigenvalue weighted by Crippen LogP contribution is 2.28. The van der Waals surface area contributed by atoms with Gasteiger partial charge in [-0.15, -0.1) is 22.7 Å². The van der Waals surface area contributed by atoms with Crippen molar-refractivity contribution in [3.8, 4) is 10.7 Å². The molecule has 0 fully saturated rings. The molecule has 2 heterocycles. The van der Waals surface area contributed by atoms with Crippen molar-refractivity contribution in [3.05, 3.63) is 27.5 Å². The Hall–Kier alpha value is -1.04. The van der Waals surface area contributed by atoms with Gasteiger partial charge in [0.1, 0.15) is 10.7 Å². The van der Waals surface area contributed by atoms with E-state index in [-0.39, 0.29) is 6.61 Å². The number of aromatic nitrogens is 2. The molecule has 0 aliphatic carbocycles. The molecule has 0 radical (unpaired) electrons. The Bertz CT molecular complexity index is 514. The van der Waals surface area contributed by atoms with Crippen LogP contribution in [0.4, 0.5) is 0 Å². The van der Waals surface area contributed by atoms with Gasteiger partial charge in [0, 0.05) is 16.7 Å². The van der Waals surface area contributed by atoms with Crippen LogP contribution >= 0.6 is 22.7 Å². The third-order valence-electron chi connectivity index (χ3n) is 2.15. The minimum absolute atomic E-state index is 0.0427. The second kappa shape index (κ2) is 5.53. The van der Waals surface area contributed by atoms with Gasteiger partial charge in [-0.2, -0.15) is 0 Å². The topological polar surface area (TPSA) is 46.0 Å². The zero-order valence-corrected chi connectivity index (χ0v) is 11.4. The number of rotatable bonds is 4. The summed E-state index contributed by atoms with van der Waals surface area (Å²) in [5.41, 5.74) is 1.82.